The quantitative estimate of drug-likeness (QED) is 0.274. The summed E-state index contributed by atoms with van der Waals surface area (Å²) in [4.78, 5) is 21.6. The molecule has 0 saturated heterocycles. The summed E-state index contributed by atoms with van der Waals surface area (Å²) in [7, 11) is 0. The highest BCUT2D eigenvalue weighted by Crippen LogP contribution is 1.86. The van der Waals surface area contributed by atoms with Gasteiger partial charge in [0.1, 0.15) is 6.61 Å². The number of hydrogen-bond donors (Lipinski definition) is 3. The van der Waals surface area contributed by atoms with E-state index in [1.54, 1.807) is 0 Å². The minimum absolute atomic E-state index is 0.0192. The summed E-state index contributed by atoms with van der Waals surface area (Å²) < 4.78 is 20.7. The van der Waals surface area contributed by atoms with Crippen molar-refractivity contribution in [1.82, 2.24) is 5.32 Å². The highest BCUT2D eigenvalue weighted by Gasteiger charge is 1.99. The molecule has 0 unspecified atom stereocenters. The number of nitrogens with two attached hydrogens (primary N) is 1. The second-order valence-electron chi connectivity index (χ2n) is 4.53. The normalized spacial score (nSPS) is 10.7. The Morgan fingerprint density at radius 3 is 1.91 bits per heavy atom. The van der Waals surface area contributed by atoms with Crippen molar-refractivity contribution < 1.29 is 33.6 Å². The summed E-state index contributed by atoms with van der Waals surface area (Å²) in [6, 6.07) is 0. The predicted octanol–water partition coefficient (Wildman–Crippen LogP) is -1.57. The summed E-state index contributed by atoms with van der Waals surface area (Å²) in [6.07, 6.45) is 0.799. The van der Waals surface area contributed by atoms with Gasteiger partial charge >= 0.3 is 0 Å². The van der Waals surface area contributed by atoms with Crippen LogP contribution >= 0.6 is 0 Å². The third-order valence-corrected chi connectivity index (χ3v) is 2.49. The number of ether oxygens (including phenoxy) is 4. The molecular formula is C14H28N2O7. The SMILES string of the molecule is NC(=O)COCCOCCOCCOCCNC(=O)CCCO. The van der Waals surface area contributed by atoms with Crippen molar-refractivity contribution in [3.8, 4) is 0 Å². The molecule has 0 aliphatic heterocycles. The topological polar surface area (TPSA) is 129 Å². The zero-order chi connectivity index (χ0) is 17.2. The van der Waals surface area contributed by atoms with E-state index in [9.17, 15) is 9.59 Å². The average molecular weight is 336 g/mol. The number of nitrogens with one attached hydrogen (secondary N) is 1. The van der Waals surface area contributed by atoms with Crippen LogP contribution in [0.1, 0.15) is 12.8 Å². The lowest BCUT2D eigenvalue weighted by molar-refractivity contribution is -0.123. The zero-order valence-electron chi connectivity index (χ0n) is 13.5. The highest BCUT2D eigenvalue weighted by atomic mass is 16.6. The van der Waals surface area contributed by atoms with Crippen molar-refractivity contribution >= 4 is 11.8 Å². The summed E-state index contributed by atoms with van der Waals surface area (Å²) in [5.74, 6) is -0.589. The minimum atomic E-state index is -0.502. The molecule has 0 fully saturated rings. The third kappa shape index (κ3) is 18.7. The smallest absolute Gasteiger partial charge is 0.243 e. The summed E-state index contributed by atoms with van der Waals surface area (Å²) >= 11 is 0. The van der Waals surface area contributed by atoms with E-state index >= 15 is 0 Å². The van der Waals surface area contributed by atoms with Crippen molar-refractivity contribution in [1.29, 1.82) is 0 Å². The number of aliphatic hydroxyl groups is 1. The molecular weight excluding hydrogens is 308 g/mol. The predicted molar refractivity (Wildman–Crippen MR) is 81.8 cm³/mol. The van der Waals surface area contributed by atoms with Gasteiger partial charge in [-0.05, 0) is 6.42 Å². The van der Waals surface area contributed by atoms with Gasteiger partial charge in [-0.25, -0.2) is 0 Å². The Morgan fingerprint density at radius 1 is 0.870 bits per heavy atom. The summed E-state index contributed by atoms with van der Waals surface area (Å²) in [5.41, 5.74) is 4.90. The molecule has 0 atom stereocenters. The monoisotopic (exact) mass is 336 g/mol. The van der Waals surface area contributed by atoms with Crippen LogP contribution in [0.25, 0.3) is 0 Å². The molecule has 9 heteroatoms. The molecule has 4 N–H and O–H groups in total. The molecule has 0 spiro atoms. The van der Waals surface area contributed by atoms with E-state index in [0.29, 0.717) is 65.6 Å². The van der Waals surface area contributed by atoms with E-state index in [1.807, 2.05) is 0 Å². The number of rotatable bonds is 17. The molecule has 136 valence electrons. The molecule has 0 heterocycles. The molecule has 0 saturated carbocycles. The first kappa shape index (κ1) is 21.7. The standard InChI is InChI=1S/C14H28N2O7/c15-13(18)12-23-11-10-22-9-8-21-7-6-20-5-3-16-14(19)2-1-4-17/h17H,1-12H2,(H2,15,18)(H,16,19). The average Bonchev–Trinajstić information content (AvgIpc) is 2.52. The number of amides is 2. The Kier molecular flexibility index (Phi) is 16.2. The van der Waals surface area contributed by atoms with E-state index < -0.39 is 5.91 Å². The second-order valence-corrected chi connectivity index (χ2v) is 4.53. The Balaban J connectivity index is 3.08. The number of primary amides is 1. The van der Waals surface area contributed by atoms with E-state index in [2.05, 4.69) is 5.32 Å². The van der Waals surface area contributed by atoms with Gasteiger partial charge in [-0.3, -0.25) is 9.59 Å². The van der Waals surface area contributed by atoms with Crippen molar-refractivity contribution in [2.45, 2.75) is 12.8 Å². The Labute approximate surface area is 136 Å². The summed E-state index contributed by atoms with van der Waals surface area (Å²) in [6.45, 7) is 3.23. The largest absolute Gasteiger partial charge is 0.396 e. The van der Waals surface area contributed by atoms with Crippen LogP contribution in [0.3, 0.4) is 0 Å². The van der Waals surface area contributed by atoms with Crippen molar-refractivity contribution in [2.24, 2.45) is 5.73 Å². The van der Waals surface area contributed by atoms with Gasteiger partial charge in [-0.1, -0.05) is 0 Å². The van der Waals surface area contributed by atoms with Crippen molar-refractivity contribution in [3.05, 3.63) is 0 Å². The van der Waals surface area contributed by atoms with Gasteiger partial charge in [0, 0.05) is 19.6 Å². The molecule has 0 aliphatic rings. The van der Waals surface area contributed by atoms with Crippen LogP contribution in [0, 0.1) is 0 Å². The maximum absolute atomic E-state index is 11.2. The number of hydrogen-bond acceptors (Lipinski definition) is 7. The third-order valence-electron chi connectivity index (χ3n) is 2.49. The van der Waals surface area contributed by atoms with Crippen LogP contribution in [0.2, 0.25) is 0 Å². The van der Waals surface area contributed by atoms with E-state index in [0.717, 1.165) is 0 Å². The van der Waals surface area contributed by atoms with Crippen LogP contribution < -0.4 is 11.1 Å². The van der Waals surface area contributed by atoms with Gasteiger partial charge in [0.15, 0.2) is 0 Å². The molecule has 2 amide bonds. The second kappa shape index (κ2) is 17.1. The van der Waals surface area contributed by atoms with Gasteiger partial charge in [-0.15, -0.1) is 0 Å². The van der Waals surface area contributed by atoms with Gasteiger partial charge in [-0.2, -0.15) is 0 Å². The molecule has 23 heavy (non-hydrogen) atoms. The first-order valence-electron chi connectivity index (χ1n) is 7.63. The first-order chi connectivity index (χ1) is 11.2. The lowest BCUT2D eigenvalue weighted by Gasteiger charge is -2.08. The van der Waals surface area contributed by atoms with E-state index in [-0.39, 0.29) is 19.1 Å². The molecule has 0 radical (unpaired) electrons. The lowest BCUT2D eigenvalue weighted by atomic mass is 10.3. The summed E-state index contributed by atoms with van der Waals surface area (Å²) in [5, 5.41) is 11.3. The fourth-order valence-corrected chi connectivity index (χ4v) is 1.42. The minimum Gasteiger partial charge on any atom is -0.396 e. The van der Waals surface area contributed by atoms with Crippen LogP contribution in [-0.2, 0) is 28.5 Å². The van der Waals surface area contributed by atoms with E-state index in [4.69, 9.17) is 29.8 Å². The molecule has 0 aromatic rings. The zero-order valence-corrected chi connectivity index (χ0v) is 13.5. The van der Waals surface area contributed by atoms with Gasteiger partial charge in [0.25, 0.3) is 0 Å². The van der Waals surface area contributed by atoms with Crippen molar-refractivity contribution in [2.75, 3.05) is 66.0 Å². The fourth-order valence-electron chi connectivity index (χ4n) is 1.42. The van der Waals surface area contributed by atoms with Crippen LogP contribution in [-0.4, -0.2) is 82.9 Å². The molecule has 0 aromatic carbocycles. The van der Waals surface area contributed by atoms with Gasteiger partial charge in [0.2, 0.25) is 11.8 Å². The van der Waals surface area contributed by atoms with Crippen LogP contribution in [0.4, 0.5) is 0 Å². The van der Waals surface area contributed by atoms with Crippen LogP contribution in [0.15, 0.2) is 0 Å². The first-order valence-corrected chi connectivity index (χ1v) is 7.63. The number of carbonyl (C=O) groups excluding carboxylic acids is 2. The van der Waals surface area contributed by atoms with E-state index in [1.165, 1.54) is 0 Å². The Hall–Kier alpha value is -1.26. The maximum Gasteiger partial charge on any atom is 0.243 e. The molecule has 0 bridgehead atoms. The molecule has 0 rings (SSSR count). The molecule has 9 nitrogen and oxygen atoms in total. The van der Waals surface area contributed by atoms with Gasteiger partial charge < -0.3 is 35.1 Å². The molecule has 0 aliphatic carbocycles. The number of carbonyl (C=O) groups is 2. The Bertz CT molecular complexity index is 303. The maximum atomic E-state index is 11.2. The highest BCUT2D eigenvalue weighted by molar-refractivity contribution is 5.75. The lowest BCUT2D eigenvalue weighted by Crippen LogP contribution is -2.27. The van der Waals surface area contributed by atoms with Gasteiger partial charge in [0.05, 0.1) is 46.2 Å². The van der Waals surface area contributed by atoms with Crippen molar-refractivity contribution in [3.63, 3.8) is 0 Å². The fraction of sp³-hybridized carbons (Fsp3) is 0.857. The number of aliphatic hydroxyl groups excluding tert-OH is 1. The van der Waals surface area contributed by atoms with Crippen LogP contribution in [0.5, 0.6) is 0 Å². The molecule has 0 aromatic heterocycles. The Morgan fingerprint density at radius 2 is 1.39 bits per heavy atom.